The Morgan fingerprint density at radius 1 is 1.32 bits per heavy atom. The van der Waals surface area contributed by atoms with E-state index < -0.39 is 0 Å². The smallest absolute Gasteiger partial charge is 0.243 e. The number of aromatic nitrogens is 4. The van der Waals surface area contributed by atoms with Gasteiger partial charge >= 0.3 is 0 Å². The van der Waals surface area contributed by atoms with Crippen molar-refractivity contribution in [2.24, 2.45) is 0 Å². The van der Waals surface area contributed by atoms with E-state index in [2.05, 4.69) is 34.2 Å². The fourth-order valence-corrected chi connectivity index (χ4v) is 2.67. The molecule has 0 atom stereocenters. The normalized spacial score (nSPS) is 11.9. The lowest BCUT2D eigenvalue weighted by Gasteiger charge is -2.22. The first kappa shape index (κ1) is 12.1. The van der Waals surface area contributed by atoms with E-state index in [4.69, 9.17) is 0 Å². The molecule has 3 aromatic rings. The van der Waals surface area contributed by atoms with E-state index in [0.29, 0.717) is 5.95 Å². The third-order valence-corrected chi connectivity index (χ3v) is 4.04. The highest BCUT2D eigenvalue weighted by Gasteiger charge is 2.24. The Labute approximate surface area is 115 Å². The minimum absolute atomic E-state index is 0.285. The zero-order valence-electron chi connectivity index (χ0n) is 11.1. The van der Waals surface area contributed by atoms with Gasteiger partial charge in [0.25, 0.3) is 0 Å². The lowest BCUT2D eigenvalue weighted by Crippen LogP contribution is -2.28. The Morgan fingerprint density at radius 2 is 2.16 bits per heavy atom. The summed E-state index contributed by atoms with van der Waals surface area (Å²) < 4.78 is 1.83. The third-order valence-electron chi connectivity index (χ3n) is 2.94. The van der Waals surface area contributed by atoms with Crippen molar-refractivity contribution in [3.05, 3.63) is 40.5 Å². The van der Waals surface area contributed by atoms with Gasteiger partial charge in [-0.05, 0) is 32.9 Å². The van der Waals surface area contributed by atoms with Crippen LogP contribution in [0, 0.1) is 6.92 Å². The van der Waals surface area contributed by atoms with Crippen molar-refractivity contribution < 1.29 is 0 Å². The van der Waals surface area contributed by atoms with Gasteiger partial charge in [0.05, 0.1) is 5.54 Å². The van der Waals surface area contributed by atoms with Gasteiger partial charge in [0.15, 0.2) is 5.65 Å². The number of nitrogens with one attached hydrogen (secondary N) is 1. The van der Waals surface area contributed by atoms with E-state index in [1.165, 1.54) is 0 Å². The molecule has 0 saturated carbocycles. The number of hydrogen-bond donors (Lipinski definition) is 1. The lowest BCUT2D eigenvalue weighted by atomic mass is 10.1. The van der Waals surface area contributed by atoms with E-state index >= 15 is 0 Å². The predicted octanol–water partition coefficient (Wildman–Crippen LogP) is 2.84. The maximum Gasteiger partial charge on any atom is 0.243 e. The molecule has 0 radical (unpaired) electrons. The molecule has 0 aliphatic carbocycles. The Kier molecular flexibility index (Phi) is 2.74. The summed E-state index contributed by atoms with van der Waals surface area (Å²) in [5, 5.41) is 10.8. The van der Waals surface area contributed by atoms with Crippen LogP contribution < -0.4 is 5.32 Å². The molecule has 5 nitrogen and oxygen atoms in total. The second-order valence-corrected chi connectivity index (χ2v) is 5.85. The zero-order valence-corrected chi connectivity index (χ0v) is 11.9. The summed E-state index contributed by atoms with van der Waals surface area (Å²) in [6, 6.07) is 5.94. The van der Waals surface area contributed by atoms with Crippen molar-refractivity contribution >= 4 is 22.9 Å². The van der Waals surface area contributed by atoms with E-state index in [9.17, 15) is 0 Å². The standard InChI is InChI=1S/C13H15N5S/c1-9-5-4-6-10-15-12(17-18(9)10)16-13(2,3)11-14-7-8-19-11/h4-8H,1-3H3,(H,16,17). The first-order valence-corrected chi connectivity index (χ1v) is 6.95. The molecular formula is C13H15N5S. The average Bonchev–Trinajstić information content (AvgIpc) is 2.96. The van der Waals surface area contributed by atoms with Crippen LogP contribution in [0.15, 0.2) is 29.8 Å². The van der Waals surface area contributed by atoms with Crippen LogP contribution in [0.1, 0.15) is 24.5 Å². The second kappa shape index (κ2) is 4.31. The molecule has 19 heavy (non-hydrogen) atoms. The van der Waals surface area contributed by atoms with E-state index in [1.807, 2.05) is 41.2 Å². The first-order chi connectivity index (χ1) is 9.06. The number of hydrogen-bond acceptors (Lipinski definition) is 5. The van der Waals surface area contributed by atoms with Crippen LogP contribution in [0.5, 0.6) is 0 Å². The molecular weight excluding hydrogens is 258 g/mol. The van der Waals surface area contributed by atoms with Gasteiger partial charge in [0.2, 0.25) is 5.95 Å². The maximum atomic E-state index is 4.49. The third kappa shape index (κ3) is 2.19. The highest BCUT2D eigenvalue weighted by molar-refractivity contribution is 7.09. The highest BCUT2D eigenvalue weighted by Crippen LogP contribution is 2.25. The molecule has 0 fully saturated rings. The van der Waals surface area contributed by atoms with Crippen molar-refractivity contribution in [3.63, 3.8) is 0 Å². The first-order valence-electron chi connectivity index (χ1n) is 6.07. The van der Waals surface area contributed by atoms with E-state index in [1.54, 1.807) is 11.3 Å². The molecule has 0 aliphatic heterocycles. The summed E-state index contributed by atoms with van der Waals surface area (Å²) in [4.78, 5) is 8.84. The molecule has 0 bridgehead atoms. The van der Waals surface area contributed by atoms with Crippen molar-refractivity contribution in [3.8, 4) is 0 Å². The molecule has 6 heteroatoms. The summed E-state index contributed by atoms with van der Waals surface area (Å²) in [6.45, 7) is 6.16. The van der Waals surface area contributed by atoms with Crippen LogP contribution >= 0.6 is 11.3 Å². The number of pyridine rings is 1. The monoisotopic (exact) mass is 273 g/mol. The van der Waals surface area contributed by atoms with Crippen LogP contribution in [0.3, 0.4) is 0 Å². The largest absolute Gasteiger partial charge is 0.342 e. The molecule has 3 aromatic heterocycles. The second-order valence-electron chi connectivity index (χ2n) is 4.96. The Hall–Kier alpha value is -1.95. The van der Waals surface area contributed by atoms with Gasteiger partial charge in [0, 0.05) is 17.3 Å². The quantitative estimate of drug-likeness (QED) is 0.797. The number of thiazole rings is 1. The van der Waals surface area contributed by atoms with Crippen molar-refractivity contribution in [1.29, 1.82) is 0 Å². The SMILES string of the molecule is Cc1cccc2nc(NC(C)(C)c3nccs3)nn12. The van der Waals surface area contributed by atoms with Gasteiger partial charge in [-0.25, -0.2) is 9.50 Å². The average molecular weight is 273 g/mol. The molecule has 0 unspecified atom stereocenters. The van der Waals surface area contributed by atoms with E-state index in [0.717, 1.165) is 16.3 Å². The molecule has 0 aromatic carbocycles. The number of anilines is 1. The fraction of sp³-hybridized carbons (Fsp3) is 0.308. The molecule has 0 amide bonds. The van der Waals surface area contributed by atoms with Crippen molar-refractivity contribution in [2.45, 2.75) is 26.3 Å². The Morgan fingerprint density at radius 3 is 2.84 bits per heavy atom. The summed E-state index contributed by atoms with van der Waals surface area (Å²) in [5.41, 5.74) is 1.62. The maximum absolute atomic E-state index is 4.49. The molecule has 98 valence electrons. The van der Waals surface area contributed by atoms with Gasteiger partial charge in [0.1, 0.15) is 5.01 Å². The molecule has 0 aliphatic rings. The predicted molar refractivity (Wildman–Crippen MR) is 76.5 cm³/mol. The zero-order chi connectivity index (χ0) is 13.5. The molecule has 0 saturated heterocycles. The van der Waals surface area contributed by atoms with Crippen LogP contribution in [-0.2, 0) is 5.54 Å². The van der Waals surface area contributed by atoms with Crippen molar-refractivity contribution in [2.75, 3.05) is 5.32 Å². The molecule has 3 heterocycles. The summed E-state index contributed by atoms with van der Waals surface area (Å²) in [6.07, 6.45) is 1.81. The van der Waals surface area contributed by atoms with Gasteiger partial charge < -0.3 is 5.32 Å². The molecule has 1 N–H and O–H groups in total. The van der Waals surface area contributed by atoms with Crippen LogP contribution in [-0.4, -0.2) is 19.6 Å². The van der Waals surface area contributed by atoms with Gasteiger partial charge in [-0.1, -0.05) is 6.07 Å². The van der Waals surface area contributed by atoms with Crippen LogP contribution in [0.2, 0.25) is 0 Å². The van der Waals surface area contributed by atoms with E-state index in [-0.39, 0.29) is 5.54 Å². The highest BCUT2D eigenvalue weighted by atomic mass is 32.1. The lowest BCUT2D eigenvalue weighted by molar-refractivity contribution is 0.596. The van der Waals surface area contributed by atoms with Gasteiger partial charge in [-0.15, -0.1) is 16.4 Å². The number of fused-ring (bicyclic) bond motifs is 1. The molecule has 0 spiro atoms. The van der Waals surface area contributed by atoms with Crippen LogP contribution in [0.25, 0.3) is 5.65 Å². The van der Waals surface area contributed by atoms with Gasteiger partial charge in [-0.3, -0.25) is 0 Å². The van der Waals surface area contributed by atoms with Gasteiger partial charge in [-0.2, -0.15) is 4.98 Å². The summed E-state index contributed by atoms with van der Waals surface area (Å²) >= 11 is 1.62. The van der Waals surface area contributed by atoms with Crippen molar-refractivity contribution in [1.82, 2.24) is 19.6 Å². The Bertz CT molecular complexity index is 699. The van der Waals surface area contributed by atoms with Crippen LogP contribution in [0.4, 0.5) is 5.95 Å². The number of rotatable bonds is 3. The summed E-state index contributed by atoms with van der Waals surface area (Å²) in [5.74, 6) is 0.620. The Balaban J connectivity index is 1.95. The minimum atomic E-state index is -0.285. The number of aryl methyl sites for hydroxylation is 1. The number of nitrogens with zero attached hydrogens (tertiary/aromatic N) is 4. The minimum Gasteiger partial charge on any atom is -0.342 e. The fourth-order valence-electron chi connectivity index (χ4n) is 1.95. The summed E-state index contributed by atoms with van der Waals surface area (Å²) in [7, 11) is 0. The molecule has 3 rings (SSSR count). The topological polar surface area (TPSA) is 55.1 Å².